The molecule has 2 aromatic rings. The van der Waals surface area contributed by atoms with Gasteiger partial charge in [0.05, 0.1) is 12.2 Å². The highest BCUT2D eigenvalue weighted by Gasteiger charge is 2.21. The van der Waals surface area contributed by atoms with Crippen molar-refractivity contribution in [3.8, 4) is 0 Å². The summed E-state index contributed by atoms with van der Waals surface area (Å²) in [5, 5.41) is 10.6. The minimum atomic E-state index is -0.474. The first kappa shape index (κ1) is 17.2. The zero-order valence-corrected chi connectivity index (χ0v) is 14.4. The van der Waals surface area contributed by atoms with Crippen LogP contribution in [-0.2, 0) is 11.3 Å². The summed E-state index contributed by atoms with van der Waals surface area (Å²) in [5.41, 5.74) is 3.52. The molecule has 128 valence electrons. The minimum Gasteiger partial charge on any atom is -0.387 e. The van der Waals surface area contributed by atoms with E-state index >= 15 is 0 Å². The maximum atomic E-state index is 10.6. The van der Waals surface area contributed by atoms with E-state index in [9.17, 15) is 5.11 Å². The van der Waals surface area contributed by atoms with Crippen LogP contribution >= 0.6 is 0 Å². The quantitative estimate of drug-likeness (QED) is 0.842. The average Bonchev–Trinajstić information content (AvgIpc) is 3.10. The van der Waals surface area contributed by atoms with Crippen molar-refractivity contribution in [3.63, 3.8) is 0 Å². The molecule has 1 aliphatic rings. The van der Waals surface area contributed by atoms with Crippen LogP contribution in [0.5, 0.6) is 0 Å². The van der Waals surface area contributed by atoms with Gasteiger partial charge >= 0.3 is 0 Å². The second kappa shape index (κ2) is 8.43. The summed E-state index contributed by atoms with van der Waals surface area (Å²) in [6.45, 7) is 5.30. The Bertz CT molecular complexity index is 605. The van der Waals surface area contributed by atoms with Gasteiger partial charge in [-0.1, -0.05) is 60.2 Å². The summed E-state index contributed by atoms with van der Waals surface area (Å²) in [7, 11) is 0. The third-order valence-corrected chi connectivity index (χ3v) is 4.63. The van der Waals surface area contributed by atoms with Crippen molar-refractivity contribution < 1.29 is 9.84 Å². The van der Waals surface area contributed by atoms with E-state index in [-0.39, 0.29) is 0 Å². The summed E-state index contributed by atoms with van der Waals surface area (Å²) >= 11 is 0. The highest BCUT2D eigenvalue weighted by atomic mass is 16.5. The molecule has 3 heteroatoms. The van der Waals surface area contributed by atoms with Gasteiger partial charge < -0.3 is 9.84 Å². The third kappa shape index (κ3) is 4.91. The van der Waals surface area contributed by atoms with Crippen molar-refractivity contribution in [2.45, 2.75) is 38.5 Å². The molecule has 0 aliphatic carbocycles. The van der Waals surface area contributed by atoms with E-state index in [0.29, 0.717) is 12.6 Å². The van der Waals surface area contributed by atoms with Gasteiger partial charge in [0.25, 0.3) is 0 Å². The van der Waals surface area contributed by atoms with Gasteiger partial charge in [-0.2, -0.15) is 0 Å². The fraction of sp³-hybridized carbons (Fsp3) is 0.429. The molecule has 0 saturated carbocycles. The Hall–Kier alpha value is -1.68. The molecule has 0 spiro atoms. The van der Waals surface area contributed by atoms with Crippen LogP contribution in [0, 0.1) is 6.92 Å². The van der Waals surface area contributed by atoms with Gasteiger partial charge in [-0.15, -0.1) is 0 Å². The van der Waals surface area contributed by atoms with Gasteiger partial charge in [0.15, 0.2) is 0 Å². The Balaban J connectivity index is 1.67. The summed E-state index contributed by atoms with van der Waals surface area (Å²) in [4.78, 5) is 2.32. The molecule has 1 heterocycles. The second-order valence-corrected chi connectivity index (χ2v) is 6.74. The van der Waals surface area contributed by atoms with Gasteiger partial charge in [0, 0.05) is 26.2 Å². The van der Waals surface area contributed by atoms with Crippen molar-refractivity contribution in [1.29, 1.82) is 0 Å². The van der Waals surface area contributed by atoms with Crippen LogP contribution in [0.15, 0.2) is 54.6 Å². The molecule has 1 aliphatic heterocycles. The fourth-order valence-electron chi connectivity index (χ4n) is 3.26. The first-order valence-electron chi connectivity index (χ1n) is 8.83. The zero-order valence-electron chi connectivity index (χ0n) is 14.4. The number of nitrogens with zero attached hydrogens (tertiary/aromatic N) is 1. The molecule has 2 aromatic carbocycles. The molecular formula is C21H27NO2. The molecule has 1 fully saturated rings. The summed E-state index contributed by atoms with van der Waals surface area (Å²) in [6, 6.07) is 18.5. The lowest BCUT2D eigenvalue weighted by atomic mass is 10.1. The third-order valence-electron chi connectivity index (χ3n) is 4.63. The van der Waals surface area contributed by atoms with Crippen LogP contribution in [0.2, 0.25) is 0 Å². The molecule has 0 amide bonds. The van der Waals surface area contributed by atoms with Gasteiger partial charge in [-0.3, -0.25) is 4.90 Å². The van der Waals surface area contributed by atoms with Crippen LogP contribution in [0.3, 0.4) is 0 Å². The molecule has 2 atom stereocenters. The van der Waals surface area contributed by atoms with Gasteiger partial charge in [-0.25, -0.2) is 0 Å². The van der Waals surface area contributed by atoms with E-state index < -0.39 is 6.10 Å². The Morgan fingerprint density at radius 2 is 1.88 bits per heavy atom. The molecule has 1 N–H and O–H groups in total. The van der Waals surface area contributed by atoms with Crippen molar-refractivity contribution in [1.82, 2.24) is 4.90 Å². The smallest absolute Gasteiger partial charge is 0.0917 e. The predicted molar refractivity (Wildman–Crippen MR) is 96.8 cm³/mol. The van der Waals surface area contributed by atoms with E-state index in [4.69, 9.17) is 4.74 Å². The first-order chi connectivity index (χ1) is 11.7. The van der Waals surface area contributed by atoms with Crippen LogP contribution < -0.4 is 0 Å². The topological polar surface area (TPSA) is 32.7 Å². The number of rotatable bonds is 7. The minimum absolute atomic E-state index is 0.290. The second-order valence-electron chi connectivity index (χ2n) is 6.74. The van der Waals surface area contributed by atoms with Crippen LogP contribution in [0.4, 0.5) is 0 Å². The van der Waals surface area contributed by atoms with Gasteiger partial charge in [0.2, 0.25) is 0 Å². The maximum Gasteiger partial charge on any atom is 0.0917 e. The van der Waals surface area contributed by atoms with Gasteiger partial charge in [0.1, 0.15) is 0 Å². The molecule has 1 saturated heterocycles. The van der Waals surface area contributed by atoms with Crippen molar-refractivity contribution in [2.24, 2.45) is 0 Å². The Morgan fingerprint density at radius 3 is 2.54 bits per heavy atom. The number of hydrogen-bond acceptors (Lipinski definition) is 3. The Labute approximate surface area is 144 Å². The Morgan fingerprint density at radius 1 is 1.12 bits per heavy atom. The number of ether oxygens (including phenoxy) is 1. The maximum absolute atomic E-state index is 10.6. The van der Waals surface area contributed by atoms with Gasteiger partial charge in [-0.05, 0) is 30.9 Å². The largest absolute Gasteiger partial charge is 0.387 e. The van der Waals surface area contributed by atoms with E-state index in [1.54, 1.807) is 0 Å². The summed E-state index contributed by atoms with van der Waals surface area (Å²) in [5.74, 6) is 0. The lowest BCUT2D eigenvalue weighted by Crippen LogP contribution is -2.35. The fourth-order valence-corrected chi connectivity index (χ4v) is 3.26. The van der Waals surface area contributed by atoms with Crippen LogP contribution in [0.1, 0.15) is 35.6 Å². The zero-order chi connectivity index (χ0) is 16.8. The Kier molecular flexibility index (Phi) is 6.02. The molecule has 3 nitrogen and oxygen atoms in total. The van der Waals surface area contributed by atoms with E-state index in [2.05, 4.69) is 36.1 Å². The number of aliphatic hydroxyl groups excluding tert-OH is 1. The SMILES string of the molecule is Cc1ccc(CN(CC2CCCO2)CC(O)c2ccccc2)cc1. The molecule has 24 heavy (non-hydrogen) atoms. The van der Waals surface area contributed by atoms with Crippen LogP contribution in [-0.4, -0.2) is 35.8 Å². The molecule has 2 unspecified atom stereocenters. The monoisotopic (exact) mass is 325 g/mol. The van der Waals surface area contributed by atoms with E-state index in [0.717, 1.165) is 38.1 Å². The van der Waals surface area contributed by atoms with Crippen molar-refractivity contribution >= 4 is 0 Å². The lowest BCUT2D eigenvalue weighted by molar-refractivity contribution is 0.0460. The standard InChI is InChI=1S/C21H27NO2/c1-17-9-11-18(12-10-17)14-22(15-20-8-5-13-24-20)16-21(23)19-6-3-2-4-7-19/h2-4,6-7,9-12,20-21,23H,5,8,13-16H2,1H3. The molecule has 0 bridgehead atoms. The molecule has 3 rings (SSSR count). The molecule has 0 aromatic heterocycles. The number of aliphatic hydroxyl groups is 1. The molecule has 0 radical (unpaired) electrons. The van der Waals surface area contributed by atoms with E-state index in [1.165, 1.54) is 11.1 Å². The summed E-state index contributed by atoms with van der Waals surface area (Å²) in [6.07, 6.45) is 2.08. The predicted octanol–water partition coefficient (Wildman–Crippen LogP) is 3.71. The number of benzene rings is 2. The number of aryl methyl sites for hydroxylation is 1. The average molecular weight is 325 g/mol. The molecular weight excluding hydrogens is 298 g/mol. The normalized spacial score (nSPS) is 18.9. The highest BCUT2D eigenvalue weighted by Crippen LogP contribution is 2.19. The van der Waals surface area contributed by atoms with Crippen LogP contribution in [0.25, 0.3) is 0 Å². The summed E-state index contributed by atoms with van der Waals surface area (Å²) < 4.78 is 5.80. The first-order valence-corrected chi connectivity index (χ1v) is 8.83. The highest BCUT2D eigenvalue weighted by molar-refractivity contribution is 5.21. The van der Waals surface area contributed by atoms with Crippen molar-refractivity contribution in [3.05, 3.63) is 71.3 Å². The van der Waals surface area contributed by atoms with Crippen molar-refractivity contribution in [2.75, 3.05) is 19.7 Å². The van der Waals surface area contributed by atoms with E-state index in [1.807, 2.05) is 30.3 Å². The lowest BCUT2D eigenvalue weighted by Gasteiger charge is -2.27. The number of hydrogen-bond donors (Lipinski definition) is 1.